The lowest BCUT2D eigenvalue weighted by atomic mass is 9.93. The quantitative estimate of drug-likeness (QED) is 0.650. The number of H-pyrrole nitrogens is 1. The third kappa shape index (κ3) is 2.03. The predicted octanol–water partition coefficient (Wildman–Crippen LogP) is 4.77. The van der Waals surface area contributed by atoms with E-state index in [1.165, 1.54) is 27.7 Å². The highest BCUT2D eigenvalue weighted by Crippen LogP contribution is 2.44. The minimum atomic E-state index is 0.443. The van der Waals surface area contributed by atoms with Crippen LogP contribution in [0.1, 0.15) is 43.5 Å². The summed E-state index contributed by atoms with van der Waals surface area (Å²) in [6.07, 6.45) is 4.34. The van der Waals surface area contributed by atoms with Crippen LogP contribution in [0.5, 0.6) is 0 Å². The predicted molar refractivity (Wildman–Crippen MR) is 96.2 cm³/mol. The SMILES string of the molecule is C=C(CC)CC1CC2c3[nH]c4ccccc4c3CCN2C1=S. The van der Waals surface area contributed by atoms with Crippen LogP contribution >= 0.6 is 12.2 Å². The molecule has 0 radical (unpaired) electrons. The molecule has 4 rings (SSSR count). The van der Waals surface area contributed by atoms with E-state index >= 15 is 0 Å². The van der Waals surface area contributed by atoms with E-state index in [0.29, 0.717) is 12.0 Å². The zero-order valence-electron chi connectivity index (χ0n) is 13.1. The summed E-state index contributed by atoms with van der Waals surface area (Å²) in [5.41, 5.74) is 5.50. The molecule has 2 nitrogen and oxygen atoms in total. The van der Waals surface area contributed by atoms with E-state index in [4.69, 9.17) is 12.2 Å². The number of thiocarbonyl (C=S) groups is 1. The molecule has 1 fully saturated rings. The molecule has 1 saturated heterocycles. The van der Waals surface area contributed by atoms with Gasteiger partial charge in [0.05, 0.1) is 11.0 Å². The maximum atomic E-state index is 5.79. The van der Waals surface area contributed by atoms with Crippen LogP contribution in [0, 0.1) is 5.92 Å². The van der Waals surface area contributed by atoms with Crippen molar-refractivity contribution in [2.45, 2.75) is 38.6 Å². The normalized spacial score (nSPS) is 23.7. The van der Waals surface area contributed by atoms with Gasteiger partial charge in [0.25, 0.3) is 0 Å². The van der Waals surface area contributed by atoms with Gasteiger partial charge in [-0.05, 0) is 37.3 Å². The van der Waals surface area contributed by atoms with Crippen molar-refractivity contribution >= 4 is 28.1 Å². The van der Waals surface area contributed by atoms with Crippen molar-refractivity contribution in [1.82, 2.24) is 9.88 Å². The van der Waals surface area contributed by atoms with Crippen molar-refractivity contribution in [2.24, 2.45) is 5.92 Å². The highest BCUT2D eigenvalue weighted by Gasteiger charge is 2.41. The summed E-state index contributed by atoms with van der Waals surface area (Å²) in [5.74, 6) is 0.491. The number of fused-ring (bicyclic) bond motifs is 5. The molecule has 1 aromatic carbocycles. The number of aromatic nitrogens is 1. The standard InChI is InChI=1S/C19H22N2S/c1-3-12(2)10-13-11-17-18-15(8-9-21(17)19(13)22)14-6-4-5-7-16(14)20-18/h4-7,13,17,20H,2-3,8-11H2,1H3. The molecule has 2 unspecified atom stereocenters. The van der Waals surface area contributed by atoms with Crippen molar-refractivity contribution < 1.29 is 0 Å². The number of rotatable bonds is 3. The number of allylic oxidation sites excluding steroid dienone is 1. The summed E-state index contributed by atoms with van der Waals surface area (Å²) < 4.78 is 0. The number of nitrogens with one attached hydrogen (secondary N) is 1. The Hall–Kier alpha value is -1.61. The molecule has 2 aliphatic heterocycles. The fraction of sp³-hybridized carbons (Fsp3) is 0.421. The van der Waals surface area contributed by atoms with Crippen LogP contribution in [0.3, 0.4) is 0 Å². The summed E-state index contributed by atoms with van der Waals surface area (Å²) in [6, 6.07) is 9.11. The molecule has 2 aliphatic rings. The van der Waals surface area contributed by atoms with E-state index in [1.54, 1.807) is 0 Å². The first kappa shape index (κ1) is 14.0. The number of hydrogen-bond acceptors (Lipinski definition) is 1. The molecule has 1 N–H and O–H groups in total. The Labute approximate surface area is 137 Å². The van der Waals surface area contributed by atoms with Gasteiger partial charge in [-0.1, -0.05) is 49.5 Å². The van der Waals surface area contributed by atoms with Crippen molar-refractivity contribution in [3.05, 3.63) is 47.7 Å². The minimum Gasteiger partial charge on any atom is -0.357 e. The molecule has 0 amide bonds. The van der Waals surface area contributed by atoms with Gasteiger partial charge >= 0.3 is 0 Å². The van der Waals surface area contributed by atoms with Crippen molar-refractivity contribution in [3.8, 4) is 0 Å². The second kappa shape index (κ2) is 5.24. The molecular weight excluding hydrogens is 288 g/mol. The van der Waals surface area contributed by atoms with E-state index in [1.807, 2.05) is 0 Å². The van der Waals surface area contributed by atoms with E-state index < -0.39 is 0 Å². The highest BCUT2D eigenvalue weighted by atomic mass is 32.1. The molecule has 114 valence electrons. The Morgan fingerprint density at radius 2 is 2.23 bits per heavy atom. The fourth-order valence-corrected chi connectivity index (χ4v) is 4.49. The molecule has 2 aromatic rings. The maximum absolute atomic E-state index is 5.79. The highest BCUT2D eigenvalue weighted by molar-refractivity contribution is 7.80. The van der Waals surface area contributed by atoms with E-state index in [2.05, 4.69) is 47.7 Å². The van der Waals surface area contributed by atoms with Crippen molar-refractivity contribution in [2.75, 3.05) is 6.54 Å². The topological polar surface area (TPSA) is 19.0 Å². The first-order valence-corrected chi connectivity index (χ1v) is 8.66. The number of hydrogen-bond donors (Lipinski definition) is 1. The molecule has 0 aliphatic carbocycles. The van der Waals surface area contributed by atoms with Gasteiger partial charge in [0.2, 0.25) is 0 Å². The van der Waals surface area contributed by atoms with Gasteiger partial charge in [-0.3, -0.25) is 0 Å². The first-order chi connectivity index (χ1) is 10.7. The lowest BCUT2D eigenvalue weighted by molar-refractivity contribution is 0.320. The molecule has 0 saturated carbocycles. The monoisotopic (exact) mass is 310 g/mol. The van der Waals surface area contributed by atoms with Crippen LogP contribution in [-0.4, -0.2) is 21.4 Å². The molecule has 3 heteroatoms. The lowest BCUT2D eigenvalue weighted by Crippen LogP contribution is -2.34. The molecule has 3 heterocycles. The smallest absolute Gasteiger partial charge is 0.0820 e. The Bertz CT molecular complexity index is 758. The molecule has 22 heavy (non-hydrogen) atoms. The third-order valence-corrected chi connectivity index (χ3v) is 5.90. The van der Waals surface area contributed by atoms with Gasteiger partial charge in [-0.2, -0.15) is 0 Å². The second-order valence-electron chi connectivity index (χ2n) is 6.60. The number of benzene rings is 1. The van der Waals surface area contributed by atoms with Crippen LogP contribution in [0.2, 0.25) is 0 Å². The molecular formula is C19H22N2S. The largest absolute Gasteiger partial charge is 0.357 e. The molecule has 2 atom stereocenters. The summed E-state index contributed by atoms with van der Waals surface area (Å²) in [5, 5.41) is 1.39. The minimum absolute atomic E-state index is 0.443. The van der Waals surface area contributed by atoms with E-state index in [9.17, 15) is 0 Å². The lowest BCUT2D eigenvalue weighted by Gasteiger charge is -2.31. The number of aromatic amines is 1. The Kier molecular flexibility index (Phi) is 3.33. The van der Waals surface area contributed by atoms with Crippen molar-refractivity contribution in [3.63, 3.8) is 0 Å². The zero-order chi connectivity index (χ0) is 15.3. The van der Waals surface area contributed by atoms with Crippen LogP contribution in [0.15, 0.2) is 36.4 Å². The van der Waals surface area contributed by atoms with E-state index in [-0.39, 0.29) is 0 Å². The average molecular weight is 310 g/mol. The van der Waals surface area contributed by atoms with Gasteiger partial charge in [0, 0.05) is 29.1 Å². The Morgan fingerprint density at radius 3 is 3.05 bits per heavy atom. The van der Waals surface area contributed by atoms with Crippen LogP contribution in [0.25, 0.3) is 10.9 Å². The van der Waals surface area contributed by atoms with Gasteiger partial charge in [-0.25, -0.2) is 0 Å². The van der Waals surface area contributed by atoms with Crippen LogP contribution < -0.4 is 0 Å². The molecule has 1 aromatic heterocycles. The second-order valence-corrected chi connectivity index (χ2v) is 7.02. The van der Waals surface area contributed by atoms with Gasteiger partial charge in [0.15, 0.2) is 0 Å². The van der Waals surface area contributed by atoms with Crippen LogP contribution in [0.4, 0.5) is 0 Å². The van der Waals surface area contributed by atoms with Gasteiger partial charge in [0.1, 0.15) is 0 Å². The van der Waals surface area contributed by atoms with Gasteiger partial charge in [-0.15, -0.1) is 0 Å². The van der Waals surface area contributed by atoms with Crippen molar-refractivity contribution in [1.29, 1.82) is 0 Å². The summed E-state index contributed by atoms with van der Waals surface area (Å²) in [4.78, 5) is 7.29. The zero-order valence-corrected chi connectivity index (χ0v) is 13.9. The number of nitrogens with zero attached hydrogens (tertiary/aromatic N) is 1. The van der Waals surface area contributed by atoms with E-state index in [0.717, 1.165) is 37.2 Å². The first-order valence-electron chi connectivity index (χ1n) is 8.25. The summed E-state index contributed by atoms with van der Waals surface area (Å²) in [7, 11) is 0. The summed E-state index contributed by atoms with van der Waals surface area (Å²) >= 11 is 5.79. The Morgan fingerprint density at radius 1 is 1.41 bits per heavy atom. The average Bonchev–Trinajstić information content (AvgIpc) is 3.06. The van der Waals surface area contributed by atoms with Gasteiger partial charge < -0.3 is 9.88 Å². The van der Waals surface area contributed by atoms with Crippen LogP contribution in [-0.2, 0) is 6.42 Å². The maximum Gasteiger partial charge on any atom is 0.0820 e. The number of para-hydroxylation sites is 1. The third-order valence-electron chi connectivity index (χ3n) is 5.33. The molecule has 0 bridgehead atoms. The fourth-order valence-electron chi connectivity index (χ4n) is 4.10. The molecule has 0 spiro atoms. The Balaban J connectivity index is 1.70. The summed E-state index contributed by atoms with van der Waals surface area (Å²) in [6.45, 7) is 7.43.